The molecule has 22 heavy (non-hydrogen) atoms. The van der Waals surface area contributed by atoms with Crippen LogP contribution in [0, 0.1) is 0 Å². The first-order valence-electron chi connectivity index (χ1n) is 7.09. The van der Waals surface area contributed by atoms with Gasteiger partial charge in [0.25, 0.3) is 0 Å². The van der Waals surface area contributed by atoms with Crippen molar-refractivity contribution in [1.82, 2.24) is 10.6 Å². The quantitative estimate of drug-likeness (QED) is 0.582. The van der Waals surface area contributed by atoms with Crippen LogP contribution in [0.15, 0.2) is 24.3 Å². The number of aliphatic carboxylic acids is 2. The molecule has 0 unspecified atom stereocenters. The highest BCUT2D eigenvalue weighted by atomic mass is 16.4. The van der Waals surface area contributed by atoms with E-state index in [0.29, 0.717) is 13.1 Å². The third kappa shape index (κ3) is 5.13. The molecule has 0 bridgehead atoms. The van der Waals surface area contributed by atoms with Gasteiger partial charge in [-0.1, -0.05) is 24.3 Å². The van der Waals surface area contributed by atoms with Gasteiger partial charge in [-0.2, -0.15) is 0 Å². The van der Waals surface area contributed by atoms with E-state index in [1.165, 1.54) is 0 Å². The number of hydrogen-bond acceptors (Lipinski definition) is 4. The van der Waals surface area contributed by atoms with E-state index in [4.69, 9.17) is 10.2 Å². The molecule has 0 spiro atoms. The molecule has 0 heterocycles. The van der Waals surface area contributed by atoms with E-state index in [1.54, 1.807) is 27.7 Å². The Morgan fingerprint density at radius 1 is 0.818 bits per heavy atom. The van der Waals surface area contributed by atoms with Gasteiger partial charge in [-0.25, -0.2) is 0 Å². The standard InChI is InChI=1S/C16H24N2O4/c1-15(2,13(19)20)17-9-11-5-7-12(8-6-11)10-18-16(3,4)14(21)22/h5-8,17-18H,9-10H2,1-4H3,(H,19,20)(H,21,22). The van der Waals surface area contributed by atoms with Gasteiger partial charge in [0, 0.05) is 13.1 Å². The Morgan fingerprint density at radius 3 is 1.32 bits per heavy atom. The fourth-order valence-corrected chi connectivity index (χ4v) is 1.57. The Balaban J connectivity index is 2.57. The second-order valence-electron chi connectivity index (χ2n) is 6.38. The minimum Gasteiger partial charge on any atom is -0.480 e. The van der Waals surface area contributed by atoms with Crippen LogP contribution in [0.4, 0.5) is 0 Å². The molecule has 0 fully saturated rings. The maximum Gasteiger partial charge on any atom is 0.323 e. The van der Waals surface area contributed by atoms with Gasteiger partial charge in [-0.05, 0) is 38.8 Å². The molecular weight excluding hydrogens is 284 g/mol. The van der Waals surface area contributed by atoms with Gasteiger partial charge in [0.1, 0.15) is 11.1 Å². The number of carboxylic acids is 2. The fraction of sp³-hybridized carbons (Fsp3) is 0.500. The summed E-state index contributed by atoms with van der Waals surface area (Å²) in [6.45, 7) is 7.35. The minimum absolute atomic E-state index is 0.452. The average molecular weight is 308 g/mol. The van der Waals surface area contributed by atoms with Crippen molar-refractivity contribution in [3.63, 3.8) is 0 Å². The highest BCUT2D eigenvalue weighted by Crippen LogP contribution is 2.10. The third-order valence-corrected chi connectivity index (χ3v) is 3.56. The van der Waals surface area contributed by atoms with E-state index in [0.717, 1.165) is 11.1 Å². The monoisotopic (exact) mass is 308 g/mol. The molecule has 0 radical (unpaired) electrons. The number of nitrogens with one attached hydrogen (secondary N) is 2. The van der Waals surface area contributed by atoms with Crippen LogP contribution in [0.25, 0.3) is 0 Å². The topological polar surface area (TPSA) is 98.7 Å². The van der Waals surface area contributed by atoms with Gasteiger partial charge >= 0.3 is 11.9 Å². The number of benzene rings is 1. The van der Waals surface area contributed by atoms with Crippen LogP contribution >= 0.6 is 0 Å². The molecule has 0 aliphatic rings. The third-order valence-electron chi connectivity index (χ3n) is 3.56. The van der Waals surface area contributed by atoms with Crippen molar-refractivity contribution in [3.05, 3.63) is 35.4 Å². The molecule has 6 heteroatoms. The molecule has 0 atom stereocenters. The lowest BCUT2D eigenvalue weighted by Crippen LogP contribution is -2.46. The van der Waals surface area contributed by atoms with Crippen molar-refractivity contribution >= 4 is 11.9 Å². The first kappa shape index (κ1) is 18.1. The van der Waals surface area contributed by atoms with Crippen LogP contribution in [0.3, 0.4) is 0 Å². The maximum absolute atomic E-state index is 11.0. The smallest absolute Gasteiger partial charge is 0.323 e. The van der Waals surface area contributed by atoms with Crippen LogP contribution in [0.1, 0.15) is 38.8 Å². The normalized spacial score (nSPS) is 12.2. The lowest BCUT2D eigenvalue weighted by atomic mass is 10.0. The average Bonchev–Trinajstić information content (AvgIpc) is 2.44. The number of carboxylic acid groups (broad SMARTS) is 2. The molecule has 6 nitrogen and oxygen atoms in total. The predicted molar refractivity (Wildman–Crippen MR) is 83.6 cm³/mol. The van der Waals surface area contributed by atoms with Gasteiger partial charge in [-0.15, -0.1) is 0 Å². The van der Waals surface area contributed by atoms with Crippen molar-refractivity contribution in [2.75, 3.05) is 0 Å². The van der Waals surface area contributed by atoms with Crippen LogP contribution in [-0.4, -0.2) is 33.2 Å². The van der Waals surface area contributed by atoms with Gasteiger partial charge in [0.05, 0.1) is 0 Å². The molecule has 122 valence electrons. The van der Waals surface area contributed by atoms with E-state index < -0.39 is 23.0 Å². The maximum atomic E-state index is 11.0. The first-order chi connectivity index (χ1) is 10.0. The first-order valence-corrected chi connectivity index (χ1v) is 7.09. The lowest BCUT2D eigenvalue weighted by molar-refractivity contribution is -0.144. The van der Waals surface area contributed by atoms with E-state index in [-0.39, 0.29) is 0 Å². The molecule has 0 aromatic heterocycles. The van der Waals surface area contributed by atoms with Crippen LogP contribution in [0.5, 0.6) is 0 Å². The van der Waals surface area contributed by atoms with Crippen molar-refractivity contribution in [2.24, 2.45) is 0 Å². The van der Waals surface area contributed by atoms with Crippen LogP contribution in [-0.2, 0) is 22.7 Å². The van der Waals surface area contributed by atoms with Crippen LogP contribution in [0.2, 0.25) is 0 Å². The van der Waals surface area contributed by atoms with Crippen LogP contribution < -0.4 is 10.6 Å². The number of hydrogen-bond donors (Lipinski definition) is 4. The molecule has 0 amide bonds. The molecule has 1 aromatic rings. The summed E-state index contributed by atoms with van der Waals surface area (Å²) in [5.74, 6) is -1.80. The van der Waals surface area contributed by atoms with Gasteiger partial charge in [0.15, 0.2) is 0 Å². The molecule has 1 aromatic carbocycles. The molecule has 0 aliphatic heterocycles. The summed E-state index contributed by atoms with van der Waals surface area (Å²) in [4.78, 5) is 22.0. The van der Waals surface area contributed by atoms with E-state index >= 15 is 0 Å². The van der Waals surface area contributed by atoms with Crippen molar-refractivity contribution < 1.29 is 19.8 Å². The summed E-state index contributed by atoms with van der Waals surface area (Å²) >= 11 is 0. The Bertz CT molecular complexity index is 487. The Kier molecular flexibility index (Phi) is 5.68. The fourth-order valence-electron chi connectivity index (χ4n) is 1.57. The largest absolute Gasteiger partial charge is 0.480 e. The molecular formula is C16H24N2O4. The molecule has 4 N–H and O–H groups in total. The second kappa shape index (κ2) is 6.89. The number of carbonyl (C=O) groups is 2. The van der Waals surface area contributed by atoms with Gasteiger partial charge in [0.2, 0.25) is 0 Å². The second-order valence-corrected chi connectivity index (χ2v) is 6.38. The van der Waals surface area contributed by atoms with Gasteiger partial charge < -0.3 is 10.2 Å². The lowest BCUT2D eigenvalue weighted by Gasteiger charge is -2.22. The molecule has 0 aliphatic carbocycles. The predicted octanol–water partition coefficient (Wildman–Crippen LogP) is 1.59. The Labute approximate surface area is 130 Å². The van der Waals surface area contributed by atoms with Crippen molar-refractivity contribution in [3.8, 4) is 0 Å². The summed E-state index contributed by atoms with van der Waals surface area (Å²) in [7, 11) is 0. The summed E-state index contributed by atoms with van der Waals surface area (Å²) in [5, 5.41) is 24.0. The van der Waals surface area contributed by atoms with E-state index in [2.05, 4.69) is 10.6 Å². The minimum atomic E-state index is -0.980. The van der Waals surface area contributed by atoms with Gasteiger partial charge in [-0.3, -0.25) is 20.2 Å². The van der Waals surface area contributed by atoms with E-state index in [9.17, 15) is 9.59 Å². The summed E-state index contributed by atoms with van der Waals surface area (Å²) in [6.07, 6.45) is 0. The molecule has 0 saturated carbocycles. The summed E-state index contributed by atoms with van der Waals surface area (Å²) in [5.41, 5.74) is -0.0246. The zero-order chi connectivity index (χ0) is 17.0. The zero-order valence-electron chi connectivity index (χ0n) is 13.4. The highest BCUT2D eigenvalue weighted by molar-refractivity contribution is 5.77. The van der Waals surface area contributed by atoms with E-state index in [1.807, 2.05) is 24.3 Å². The Morgan fingerprint density at radius 2 is 1.09 bits per heavy atom. The summed E-state index contributed by atoms with van der Waals surface area (Å²) in [6, 6.07) is 7.59. The summed E-state index contributed by atoms with van der Waals surface area (Å²) < 4.78 is 0. The van der Waals surface area contributed by atoms with Crippen molar-refractivity contribution in [2.45, 2.75) is 51.9 Å². The SMILES string of the molecule is CC(C)(NCc1ccc(CNC(C)(C)C(=O)O)cc1)C(=O)O. The highest BCUT2D eigenvalue weighted by Gasteiger charge is 2.26. The van der Waals surface area contributed by atoms with Crippen molar-refractivity contribution in [1.29, 1.82) is 0 Å². The Hall–Kier alpha value is -1.92. The zero-order valence-corrected chi connectivity index (χ0v) is 13.4. The molecule has 0 saturated heterocycles. The number of rotatable bonds is 8. The molecule has 1 rings (SSSR count).